The zero-order chi connectivity index (χ0) is 14.3. The van der Waals surface area contributed by atoms with Gasteiger partial charge in [-0.1, -0.05) is 18.2 Å². The number of carbonyl (C=O) groups is 1. The van der Waals surface area contributed by atoms with E-state index in [0.29, 0.717) is 6.42 Å². The van der Waals surface area contributed by atoms with E-state index in [1.807, 2.05) is 47.9 Å². The number of amides is 2. The average Bonchev–Trinajstić information content (AvgIpc) is 2.99. The highest BCUT2D eigenvalue weighted by Crippen LogP contribution is 2.40. The molecule has 1 aliphatic heterocycles. The molecule has 2 aliphatic rings. The molecule has 20 heavy (non-hydrogen) atoms. The Bertz CT molecular complexity index is 523. The zero-order valence-electron chi connectivity index (χ0n) is 12.2. The third-order valence-corrected chi connectivity index (χ3v) is 4.29. The Balaban J connectivity index is 1.85. The SMILES string of the molecule is CC(C)N1CCN(c2ccccc2CC2(O)CC2)C1=O. The van der Waals surface area contributed by atoms with Crippen LogP contribution in [-0.4, -0.2) is 40.8 Å². The van der Waals surface area contributed by atoms with Crippen LogP contribution in [0.25, 0.3) is 0 Å². The molecule has 0 atom stereocenters. The smallest absolute Gasteiger partial charge is 0.324 e. The van der Waals surface area contributed by atoms with Crippen LogP contribution in [0, 0.1) is 0 Å². The van der Waals surface area contributed by atoms with E-state index in [-0.39, 0.29) is 12.1 Å². The second-order valence-electron chi connectivity index (χ2n) is 6.25. The second-order valence-corrected chi connectivity index (χ2v) is 6.25. The first-order chi connectivity index (χ1) is 9.50. The Hall–Kier alpha value is -1.55. The van der Waals surface area contributed by atoms with Crippen LogP contribution in [0.5, 0.6) is 0 Å². The molecule has 0 aromatic heterocycles. The van der Waals surface area contributed by atoms with Gasteiger partial charge in [-0.15, -0.1) is 0 Å². The summed E-state index contributed by atoms with van der Waals surface area (Å²) in [5, 5.41) is 10.1. The van der Waals surface area contributed by atoms with Crippen molar-refractivity contribution >= 4 is 11.7 Å². The minimum Gasteiger partial charge on any atom is -0.390 e. The monoisotopic (exact) mass is 274 g/mol. The molecule has 0 radical (unpaired) electrons. The van der Waals surface area contributed by atoms with Gasteiger partial charge in [-0.3, -0.25) is 4.90 Å². The largest absolute Gasteiger partial charge is 0.390 e. The Morgan fingerprint density at radius 2 is 1.95 bits per heavy atom. The maximum absolute atomic E-state index is 12.5. The van der Waals surface area contributed by atoms with E-state index < -0.39 is 5.60 Å². The predicted octanol–water partition coefficient (Wildman–Crippen LogP) is 2.40. The van der Waals surface area contributed by atoms with Crippen LogP contribution in [0.2, 0.25) is 0 Å². The Kier molecular flexibility index (Phi) is 3.21. The standard InChI is InChI=1S/C16H22N2O2/c1-12(2)17-9-10-18(15(17)19)14-6-4-3-5-13(14)11-16(20)7-8-16/h3-6,12,20H,7-11H2,1-2H3. The fraction of sp³-hybridized carbons (Fsp3) is 0.562. The number of nitrogens with zero attached hydrogens (tertiary/aromatic N) is 2. The van der Waals surface area contributed by atoms with Crippen LogP contribution < -0.4 is 4.90 Å². The van der Waals surface area contributed by atoms with Crippen molar-refractivity contribution in [1.82, 2.24) is 4.90 Å². The highest BCUT2D eigenvalue weighted by molar-refractivity contribution is 5.95. The van der Waals surface area contributed by atoms with Gasteiger partial charge < -0.3 is 10.0 Å². The number of anilines is 1. The van der Waals surface area contributed by atoms with Crippen molar-refractivity contribution in [3.8, 4) is 0 Å². The summed E-state index contributed by atoms with van der Waals surface area (Å²) < 4.78 is 0. The normalized spacial score (nSPS) is 20.9. The van der Waals surface area contributed by atoms with E-state index in [9.17, 15) is 9.90 Å². The quantitative estimate of drug-likeness (QED) is 0.916. The van der Waals surface area contributed by atoms with Gasteiger partial charge in [0.25, 0.3) is 0 Å². The van der Waals surface area contributed by atoms with Crippen LogP contribution in [0.1, 0.15) is 32.3 Å². The molecular weight excluding hydrogens is 252 g/mol. The van der Waals surface area contributed by atoms with Crippen molar-refractivity contribution in [1.29, 1.82) is 0 Å². The molecule has 2 amide bonds. The van der Waals surface area contributed by atoms with E-state index in [1.165, 1.54) is 0 Å². The maximum Gasteiger partial charge on any atom is 0.324 e. The molecule has 0 unspecified atom stereocenters. The minimum absolute atomic E-state index is 0.0789. The highest BCUT2D eigenvalue weighted by atomic mass is 16.3. The molecule has 1 aromatic rings. The number of aliphatic hydroxyl groups is 1. The molecule has 1 saturated heterocycles. The summed E-state index contributed by atoms with van der Waals surface area (Å²) in [7, 11) is 0. The predicted molar refractivity (Wildman–Crippen MR) is 78.9 cm³/mol. The number of hydrogen-bond donors (Lipinski definition) is 1. The van der Waals surface area contributed by atoms with E-state index in [4.69, 9.17) is 0 Å². The Morgan fingerprint density at radius 3 is 2.55 bits per heavy atom. The summed E-state index contributed by atoms with van der Waals surface area (Å²) in [6, 6.07) is 8.26. The lowest BCUT2D eigenvalue weighted by Crippen LogP contribution is -2.36. The van der Waals surface area contributed by atoms with Crippen molar-refractivity contribution < 1.29 is 9.90 Å². The lowest BCUT2D eigenvalue weighted by atomic mass is 10.0. The molecule has 1 saturated carbocycles. The van der Waals surface area contributed by atoms with Gasteiger partial charge in [-0.25, -0.2) is 4.79 Å². The number of urea groups is 1. The summed E-state index contributed by atoms with van der Waals surface area (Å²) in [6.45, 7) is 5.59. The molecule has 1 N–H and O–H groups in total. The van der Waals surface area contributed by atoms with Crippen molar-refractivity contribution in [2.75, 3.05) is 18.0 Å². The number of benzene rings is 1. The first-order valence-corrected chi connectivity index (χ1v) is 7.39. The molecule has 0 bridgehead atoms. The lowest BCUT2D eigenvalue weighted by molar-refractivity contribution is 0.151. The van der Waals surface area contributed by atoms with Gasteiger partial charge in [0.15, 0.2) is 0 Å². The summed E-state index contributed by atoms with van der Waals surface area (Å²) in [6.07, 6.45) is 2.38. The van der Waals surface area contributed by atoms with Gasteiger partial charge in [0.1, 0.15) is 0 Å². The first-order valence-electron chi connectivity index (χ1n) is 7.39. The van der Waals surface area contributed by atoms with Crippen LogP contribution in [0.4, 0.5) is 10.5 Å². The lowest BCUT2D eigenvalue weighted by Gasteiger charge is -2.24. The van der Waals surface area contributed by atoms with Gasteiger partial charge in [0.05, 0.1) is 5.60 Å². The Morgan fingerprint density at radius 1 is 1.25 bits per heavy atom. The molecule has 1 heterocycles. The zero-order valence-corrected chi connectivity index (χ0v) is 12.2. The van der Waals surface area contributed by atoms with Crippen molar-refractivity contribution in [2.45, 2.75) is 44.8 Å². The van der Waals surface area contributed by atoms with E-state index in [2.05, 4.69) is 0 Å². The maximum atomic E-state index is 12.5. The van der Waals surface area contributed by atoms with Crippen LogP contribution in [0.15, 0.2) is 24.3 Å². The third-order valence-electron chi connectivity index (χ3n) is 4.29. The topological polar surface area (TPSA) is 43.8 Å². The van der Waals surface area contributed by atoms with E-state index in [1.54, 1.807) is 0 Å². The summed E-state index contributed by atoms with van der Waals surface area (Å²) >= 11 is 0. The number of rotatable bonds is 4. The number of hydrogen-bond acceptors (Lipinski definition) is 2. The molecule has 3 rings (SSSR count). The molecule has 1 aromatic carbocycles. The van der Waals surface area contributed by atoms with Gasteiger partial charge in [-0.2, -0.15) is 0 Å². The van der Waals surface area contributed by atoms with Crippen LogP contribution in [-0.2, 0) is 6.42 Å². The van der Waals surface area contributed by atoms with Crippen molar-refractivity contribution in [2.24, 2.45) is 0 Å². The highest BCUT2D eigenvalue weighted by Gasteiger charge is 2.41. The van der Waals surface area contributed by atoms with E-state index >= 15 is 0 Å². The fourth-order valence-corrected chi connectivity index (χ4v) is 2.86. The van der Waals surface area contributed by atoms with Crippen molar-refractivity contribution in [3.05, 3.63) is 29.8 Å². The first kappa shape index (κ1) is 13.4. The summed E-state index contributed by atoms with van der Waals surface area (Å²) in [4.78, 5) is 16.2. The number of carbonyl (C=O) groups excluding carboxylic acids is 1. The fourth-order valence-electron chi connectivity index (χ4n) is 2.86. The molecule has 4 heteroatoms. The van der Waals surface area contributed by atoms with Gasteiger partial charge in [-0.05, 0) is 38.3 Å². The van der Waals surface area contributed by atoms with Gasteiger partial charge in [0, 0.05) is 31.2 Å². The second kappa shape index (κ2) is 4.77. The number of para-hydroxylation sites is 1. The molecule has 4 nitrogen and oxygen atoms in total. The van der Waals surface area contributed by atoms with Gasteiger partial charge >= 0.3 is 6.03 Å². The molecule has 108 valence electrons. The minimum atomic E-state index is -0.531. The summed E-state index contributed by atoms with van der Waals surface area (Å²) in [5.74, 6) is 0. The summed E-state index contributed by atoms with van der Waals surface area (Å²) in [5.41, 5.74) is 1.50. The molecule has 2 fully saturated rings. The average molecular weight is 274 g/mol. The molecule has 1 aliphatic carbocycles. The van der Waals surface area contributed by atoms with Crippen molar-refractivity contribution in [3.63, 3.8) is 0 Å². The Labute approximate surface area is 120 Å². The molecular formula is C16H22N2O2. The molecule has 0 spiro atoms. The van der Waals surface area contributed by atoms with Crippen LogP contribution in [0.3, 0.4) is 0 Å². The third kappa shape index (κ3) is 2.40. The van der Waals surface area contributed by atoms with Crippen LogP contribution >= 0.6 is 0 Å². The van der Waals surface area contributed by atoms with E-state index in [0.717, 1.165) is 37.2 Å². The van der Waals surface area contributed by atoms with Gasteiger partial charge in [0.2, 0.25) is 0 Å².